The molecular weight excluding hydrogens is 330 g/mol. The molecule has 2 aliphatic rings. The highest BCUT2D eigenvalue weighted by Crippen LogP contribution is 2.30. The standard InChI is InChI=1S/C17H24BrNO2/c1-12-9-14(18)10-13(11-19-15-4-5-15)17(12)21-8-6-16-3-2-7-20-16/h9-10,15-16,19H,2-8,11H2,1H3. The van der Waals surface area contributed by atoms with E-state index in [9.17, 15) is 0 Å². The first-order valence-electron chi connectivity index (χ1n) is 7.99. The Bertz CT molecular complexity index is 482. The van der Waals surface area contributed by atoms with Crippen LogP contribution in [-0.4, -0.2) is 25.4 Å². The van der Waals surface area contributed by atoms with Crippen molar-refractivity contribution in [3.05, 3.63) is 27.7 Å². The van der Waals surface area contributed by atoms with Gasteiger partial charge in [0.15, 0.2) is 0 Å². The van der Waals surface area contributed by atoms with Gasteiger partial charge in [-0.3, -0.25) is 0 Å². The van der Waals surface area contributed by atoms with Gasteiger partial charge in [0.1, 0.15) is 5.75 Å². The Balaban J connectivity index is 1.60. The number of benzene rings is 1. The van der Waals surface area contributed by atoms with E-state index in [4.69, 9.17) is 9.47 Å². The summed E-state index contributed by atoms with van der Waals surface area (Å²) in [5, 5.41) is 3.57. The third kappa shape index (κ3) is 4.44. The monoisotopic (exact) mass is 353 g/mol. The number of ether oxygens (including phenoxy) is 2. The molecule has 0 amide bonds. The molecular formula is C17H24BrNO2. The van der Waals surface area contributed by atoms with Crippen LogP contribution >= 0.6 is 15.9 Å². The van der Waals surface area contributed by atoms with Gasteiger partial charge in [-0.1, -0.05) is 15.9 Å². The first kappa shape index (κ1) is 15.3. The molecule has 3 nitrogen and oxygen atoms in total. The van der Waals surface area contributed by atoms with Crippen LogP contribution in [0.2, 0.25) is 0 Å². The van der Waals surface area contributed by atoms with Gasteiger partial charge in [-0.2, -0.15) is 0 Å². The lowest BCUT2D eigenvalue weighted by Gasteiger charge is -2.17. The van der Waals surface area contributed by atoms with Crippen LogP contribution in [0.5, 0.6) is 5.75 Å². The van der Waals surface area contributed by atoms with Crippen molar-refractivity contribution in [1.82, 2.24) is 5.32 Å². The van der Waals surface area contributed by atoms with Crippen LogP contribution in [0.25, 0.3) is 0 Å². The van der Waals surface area contributed by atoms with E-state index in [-0.39, 0.29) is 0 Å². The number of halogens is 1. The summed E-state index contributed by atoms with van der Waals surface area (Å²) in [5.41, 5.74) is 2.45. The molecule has 1 aliphatic heterocycles. The van der Waals surface area contributed by atoms with E-state index in [0.29, 0.717) is 12.1 Å². The maximum Gasteiger partial charge on any atom is 0.126 e. The van der Waals surface area contributed by atoms with Gasteiger partial charge in [-0.15, -0.1) is 0 Å². The molecule has 0 radical (unpaired) electrons. The van der Waals surface area contributed by atoms with Gasteiger partial charge in [0.05, 0.1) is 12.7 Å². The third-order valence-corrected chi connectivity index (χ3v) is 4.64. The Hall–Kier alpha value is -0.580. The van der Waals surface area contributed by atoms with Gasteiger partial charge in [0.25, 0.3) is 0 Å². The van der Waals surface area contributed by atoms with E-state index >= 15 is 0 Å². The molecule has 1 aliphatic carbocycles. The first-order valence-corrected chi connectivity index (χ1v) is 8.78. The largest absolute Gasteiger partial charge is 0.493 e. The Morgan fingerprint density at radius 3 is 2.90 bits per heavy atom. The molecule has 1 saturated carbocycles. The zero-order valence-electron chi connectivity index (χ0n) is 12.7. The minimum absolute atomic E-state index is 0.397. The van der Waals surface area contributed by atoms with Gasteiger partial charge in [-0.25, -0.2) is 0 Å². The summed E-state index contributed by atoms with van der Waals surface area (Å²) in [5.74, 6) is 1.05. The molecule has 0 aromatic heterocycles. The summed E-state index contributed by atoms with van der Waals surface area (Å²) in [6.45, 7) is 4.66. The fourth-order valence-corrected chi connectivity index (χ4v) is 3.46. The van der Waals surface area contributed by atoms with Crippen molar-refractivity contribution in [2.24, 2.45) is 0 Å². The van der Waals surface area contributed by atoms with Crippen molar-refractivity contribution in [2.45, 2.75) is 57.7 Å². The Labute approximate surface area is 135 Å². The van der Waals surface area contributed by atoms with Crippen LogP contribution in [0.1, 0.15) is 43.2 Å². The van der Waals surface area contributed by atoms with Gasteiger partial charge in [-0.05, 0) is 50.3 Å². The molecule has 116 valence electrons. The van der Waals surface area contributed by atoms with E-state index in [1.54, 1.807) is 0 Å². The molecule has 1 aromatic rings. The van der Waals surface area contributed by atoms with Crippen molar-refractivity contribution in [3.63, 3.8) is 0 Å². The van der Waals surface area contributed by atoms with E-state index in [1.807, 2.05) is 0 Å². The SMILES string of the molecule is Cc1cc(Br)cc(CNC2CC2)c1OCCC1CCCO1. The molecule has 0 spiro atoms. The zero-order chi connectivity index (χ0) is 14.7. The Kier molecular flexibility index (Phi) is 5.19. The predicted octanol–water partition coefficient (Wildman–Crippen LogP) is 3.96. The molecule has 21 heavy (non-hydrogen) atoms. The second-order valence-electron chi connectivity index (χ2n) is 6.14. The van der Waals surface area contributed by atoms with Crippen LogP contribution in [0, 0.1) is 6.92 Å². The summed E-state index contributed by atoms with van der Waals surface area (Å²) < 4.78 is 12.9. The molecule has 3 rings (SSSR count). The van der Waals surface area contributed by atoms with Gasteiger partial charge in [0.2, 0.25) is 0 Å². The quantitative estimate of drug-likeness (QED) is 0.804. The van der Waals surface area contributed by atoms with Crippen LogP contribution in [-0.2, 0) is 11.3 Å². The third-order valence-electron chi connectivity index (χ3n) is 4.19. The average molecular weight is 354 g/mol. The summed E-state index contributed by atoms with van der Waals surface area (Å²) in [7, 11) is 0. The first-order chi connectivity index (χ1) is 10.2. The topological polar surface area (TPSA) is 30.5 Å². The Morgan fingerprint density at radius 1 is 1.33 bits per heavy atom. The second-order valence-corrected chi connectivity index (χ2v) is 7.05. The predicted molar refractivity (Wildman–Crippen MR) is 87.8 cm³/mol. The van der Waals surface area contributed by atoms with Crippen molar-refractivity contribution >= 4 is 15.9 Å². The average Bonchev–Trinajstić information content (AvgIpc) is 3.14. The van der Waals surface area contributed by atoms with E-state index < -0.39 is 0 Å². The highest BCUT2D eigenvalue weighted by Gasteiger charge is 2.21. The second kappa shape index (κ2) is 7.12. The minimum atomic E-state index is 0.397. The highest BCUT2D eigenvalue weighted by molar-refractivity contribution is 9.10. The fraction of sp³-hybridized carbons (Fsp3) is 0.647. The van der Waals surface area contributed by atoms with Crippen molar-refractivity contribution in [3.8, 4) is 5.75 Å². The number of hydrogen-bond acceptors (Lipinski definition) is 3. The zero-order valence-corrected chi connectivity index (χ0v) is 14.2. The molecule has 4 heteroatoms. The molecule has 1 heterocycles. The van der Waals surface area contributed by atoms with Gasteiger partial charge in [0, 0.05) is 35.7 Å². The van der Waals surface area contributed by atoms with Gasteiger partial charge >= 0.3 is 0 Å². The van der Waals surface area contributed by atoms with Crippen molar-refractivity contribution in [1.29, 1.82) is 0 Å². The summed E-state index contributed by atoms with van der Waals surface area (Å²) >= 11 is 3.59. The van der Waals surface area contributed by atoms with E-state index in [1.165, 1.54) is 36.8 Å². The molecule has 1 unspecified atom stereocenters. The maximum absolute atomic E-state index is 6.10. The van der Waals surface area contributed by atoms with E-state index in [2.05, 4.69) is 40.3 Å². The molecule has 2 fully saturated rings. The lowest BCUT2D eigenvalue weighted by atomic mass is 10.1. The summed E-state index contributed by atoms with van der Waals surface area (Å²) in [6.07, 6.45) is 6.38. The van der Waals surface area contributed by atoms with Crippen LogP contribution in [0.3, 0.4) is 0 Å². The molecule has 1 N–H and O–H groups in total. The maximum atomic E-state index is 6.10. The number of nitrogens with one attached hydrogen (secondary N) is 1. The lowest BCUT2D eigenvalue weighted by Crippen LogP contribution is -2.17. The number of hydrogen-bond donors (Lipinski definition) is 1. The Morgan fingerprint density at radius 2 is 2.19 bits per heavy atom. The van der Waals surface area contributed by atoms with Crippen molar-refractivity contribution < 1.29 is 9.47 Å². The normalized spacial score (nSPS) is 21.7. The summed E-state index contributed by atoms with van der Waals surface area (Å²) in [4.78, 5) is 0. The molecule has 1 saturated heterocycles. The van der Waals surface area contributed by atoms with Gasteiger partial charge < -0.3 is 14.8 Å². The number of aryl methyl sites for hydroxylation is 1. The molecule has 1 atom stereocenters. The van der Waals surface area contributed by atoms with Crippen molar-refractivity contribution in [2.75, 3.05) is 13.2 Å². The molecule has 0 bridgehead atoms. The van der Waals surface area contributed by atoms with E-state index in [0.717, 1.165) is 36.4 Å². The van der Waals surface area contributed by atoms with Crippen LogP contribution < -0.4 is 10.1 Å². The minimum Gasteiger partial charge on any atom is -0.493 e. The number of rotatable bonds is 7. The van der Waals surface area contributed by atoms with Crippen LogP contribution in [0.4, 0.5) is 0 Å². The fourth-order valence-electron chi connectivity index (χ4n) is 2.84. The highest BCUT2D eigenvalue weighted by atomic mass is 79.9. The summed E-state index contributed by atoms with van der Waals surface area (Å²) in [6, 6.07) is 5.01. The molecule has 1 aromatic carbocycles. The lowest BCUT2D eigenvalue weighted by molar-refractivity contribution is 0.0901. The smallest absolute Gasteiger partial charge is 0.126 e. The van der Waals surface area contributed by atoms with Crippen LogP contribution in [0.15, 0.2) is 16.6 Å².